The number of nitrogens with zero attached hydrogens (tertiary/aromatic N) is 3. The Bertz CT molecular complexity index is 460. The zero-order valence-corrected chi connectivity index (χ0v) is 15.1. The number of thiophene rings is 1. The second-order valence-corrected chi connectivity index (χ2v) is 7.68. The lowest BCUT2D eigenvalue weighted by molar-refractivity contribution is -0.134. The summed E-state index contributed by atoms with van der Waals surface area (Å²) in [4.78, 5) is 19.5. The van der Waals surface area contributed by atoms with Crippen molar-refractivity contribution in [3.8, 4) is 0 Å². The third kappa shape index (κ3) is 5.07. The molecule has 1 fully saturated rings. The van der Waals surface area contributed by atoms with E-state index in [1.54, 1.807) is 11.3 Å². The monoisotopic (exact) mass is 323 g/mol. The zero-order chi connectivity index (χ0) is 16.1. The molecular weight excluding hydrogens is 294 g/mol. The second-order valence-electron chi connectivity index (χ2n) is 6.90. The van der Waals surface area contributed by atoms with Gasteiger partial charge in [-0.3, -0.25) is 4.79 Å². The average Bonchev–Trinajstić information content (AvgIpc) is 2.94. The molecular formula is C17H29N3OS. The normalized spacial score (nSPS) is 20.5. The van der Waals surface area contributed by atoms with E-state index in [2.05, 4.69) is 54.6 Å². The lowest BCUT2D eigenvalue weighted by atomic mass is 10.1. The van der Waals surface area contributed by atoms with Gasteiger partial charge in [-0.2, -0.15) is 11.3 Å². The van der Waals surface area contributed by atoms with Crippen LogP contribution in [-0.2, 0) is 11.3 Å². The molecule has 0 spiro atoms. The molecule has 2 heterocycles. The molecule has 0 saturated carbocycles. The number of carbonyl (C=O) groups is 1. The van der Waals surface area contributed by atoms with Gasteiger partial charge in [0.2, 0.25) is 5.91 Å². The van der Waals surface area contributed by atoms with Crippen LogP contribution in [0.25, 0.3) is 0 Å². The maximum atomic E-state index is 12.8. The Kier molecular flexibility index (Phi) is 6.41. The fraction of sp³-hybridized carbons (Fsp3) is 0.706. The largest absolute Gasteiger partial charge is 0.338 e. The van der Waals surface area contributed by atoms with Crippen LogP contribution < -0.4 is 0 Å². The summed E-state index contributed by atoms with van der Waals surface area (Å²) >= 11 is 1.70. The second kappa shape index (κ2) is 8.09. The van der Waals surface area contributed by atoms with Gasteiger partial charge < -0.3 is 14.7 Å². The predicted molar refractivity (Wildman–Crippen MR) is 93.1 cm³/mol. The minimum absolute atomic E-state index is 0.284. The molecule has 1 aromatic rings. The smallest absolute Gasteiger partial charge is 0.224 e. The molecule has 1 saturated heterocycles. The number of likely N-dealkylation sites (N-methyl/N-ethyl adjacent to an activating group) is 2. The lowest BCUT2D eigenvalue weighted by Gasteiger charge is -2.38. The fourth-order valence-corrected chi connectivity index (χ4v) is 3.61. The van der Waals surface area contributed by atoms with Crippen molar-refractivity contribution in [2.75, 3.05) is 40.3 Å². The minimum Gasteiger partial charge on any atom is -0.338 e. The number of carbonyl (C=O) groups excluding carboxylic acids is 1. The van der Waals surface area contributed by atoms with Gasteiger partial charge >= 0.3 is 0 Å². The highest BCUT2D eigenvalue weighted by molar-refractivity contribution is 7.07. The Labute approximate surface area is 138 Å². The van der Waals surface area contributed by atoms with Crippen LogP contribution in [-0.4, -0.2) is 66.9 Å². The van der Waals surface area contributed by atoms with Crippen LogP contribution in [0.2, 0.25) is 0 Å². The molecule has 0 radical (unpaired) electrons. The molecule has 22 heavy (non-hydrogen) atoms. The molecule has 1 unspecified atom stereocenters. The van der Waals surface area contributed by atoms with Crippen molar-refractivity contribution in [3.05, 3.63) is 22.4 Å². The Morgan fingerprint density at radius 1 is 1.41 bits per heavy atom. The first-order valence-electron chi connectivity index (χ1n) is 8.13. The van der Waals surface area contributed by atoms with E-state index in [9.17, 15) is 4.79 Å². The molecule has 2 rings (SSSR count). The van der Waals surface area contributed by atoms with E-state index in [0.29, 0.717) is 18.4 Å². The van der Waals surface area contributed by atoms with Crippen LogP contribution in [0.3, 0.4) is 0 Å². The van der Waals surface area contributed by atoms with Gasteiger partial charge in [-0.1, -0.05) is 13.8 Å². The standard InChI is InChI=1S/C17H29N3OS/c1-14(2)10-20(11-15-5-8-22-13-15)17(21)9-16-12-18(3)6-7-19(16)4/h5,8,13-14,16H,6-7,9-12H2,1-4H3. The van der Waals surface area contributed by atoms with Crippen LogP contribution in [0.1, 0.15) is 25.8 Å². The van der Waals surface area contributed by atoms with E-state index in [1.807, 2.05) is 4.90 Å². The maximum absolute atomic E-state index is 12.8. The summed E-state index contributed by atoms with van der Waals surface area (Å²) in [6.07, 6.45) is 0.623. The SMILES string of the molecule is CC(C)CN(Cc1ccsc1)C(=O)CC1CN(C)CCN1C. The lowest BCUT2D eigenvalue weighted by Crippen LogP contribution is -2.51. The van der Waals surface area contributed by atoms with E-state index < -0.39 is 0 Å². The quantitative estimate of drug-likeness (QED) is 0.804. The Balaban J connectivity index is 1.98. The first-order chi connectivity index (χ1) is 10.5. The van der Waals surface area contributed by atoms with Crippen LogP contribution >= 0.6 is 11.3 Å². The van der Waals surface area contributed by atoms with Crippen LogP contribution in [0, 0.1) is 5.92 Å². The van der Waals surface area contributed by atoms with Gasteiger partial charge in [-0.25, -0.2) is 0 Å². The van der Waals surface area contributed by atoms with Crippen molar-refractivity contribution in [3.63, 3.8) is 0 Å². The molecule has 5 heteroatoms. The molecule has 1 amide bonds. The highest BCUT2D eigenvalue weighted by Crippen LogP contribution is 2.16. The van der Waals surface area contributed by atoms with Gasteiger partial charge in [0.15, 0.2) is 0 Å². The Morgan fingerprint density at radius 3 is 2.82 bits per heavy atom. The summed E-state index contributed by atoms with van der Waals surface area (Å²) in [5, 5.41) is 4.22. The van der Waals surface area contributed by atoms with Crippen molar-refractivity contribution in [1.82, 2.24) is 14.7 Å². The van der Waals surface area contributed by atoms with E-state index in [0.717, 1.165) is 32.7 Å². The molecule has 0 bridgehead atoms. The third-order valence-corrected chi connectivity index (χ3v) is 5.01. The average molecular weight is 324 g/mol. The molecule has 0 aromatic carbocycles. The molecule has 1 aliphatic rings. The minimum atomic E-state index is 0.284. The molecule has 1 aromatic heterocycles. The predicted octanol–water partition coefficient (Wildman–Crippen LogP) is 2.37. The van der Waals surface area contributed by atoms with Crippen molar-refractivity contribution < 1.29 is 4.79 Å². The zero-order valence-electron chi connectivity index (χ0n) is 14.3. The highest BCUT2D eigenvalue weighted by Gasteiger charge is 2.27. The van der Waals surface area contributed by atoms with Crippen LogP contribution in [0.5, 0.6) is 0 Å². The summed E-state index contributed by atoms with van der Waals surface area (Å²) < 4.78 is 0. The number of hydrogen-bond acceptors (Lipinski definition) is 4. The summed E-state index contributed by atoms with van der Waals surface area (Å²) in [6, 6.07) is 2.45. The number of rotatable bonds is 6. The van der Waals surface area contributed by atoms with Crippen LogP contribution in [0.4, 0.5) is 0 Å². The van der Waals surface area contributed by atoms with Crippen molar-refractivity contribution in [2.24, 2.45) is 5.92 Å². The van der Waals surface area contributed by atoms with Gasteiger partial charge in [0.05, 0.1) is 0 Å². The van der Waals surface area contributed by atoms with Gasteiger partial charge in [0.25, 0.3) is 0 Å². The Morgan fingerprint density at radius 2 is 2.18 bits per heavy atom. The van der Waals surface area contributed by atoms with E-state index in [1.165, 1.54) is 5.56 Å². The Hall–Kier alpha value is -0.910. The highest BCUT2D eigenvalue weighted by atomic mass is 32.1. The van der Waals surface area contributed by atoms with Gasteiger partial charge in [0.1, 0.15) is 0 Å². The van der Waals surface area contributed by atoms with Gasteiger partial charge in [0, 0.05) is 45.2 Å². The van der Waals surface area contributed by atoms with Crippen molar-refractivity contribution in [1.29, 1.82) is 0 Å². The van der Waals surface area contributed by atoms with Crippen molar-refractivity contribution >= 4 is 17.2 Å². The first kappa shape index (κ1) is 17.4. The summed E-state index contributed by atoms with van der Waals surface area (Å²) in [7, 11) is 4.28. The van der Waals surface area contributed by atoms with E-state index >= 15 is 0 Å². The molecule has 4 nitrogen and oxygen atoms in total. The molecule has 0 N–H and O–H groups in total. The number of amides is 1. The fourth-order valence-electron chi connectivity index (χ4n) is 2.95. The molecule has 1 aliphatic heterocycles. The number of piperazine rings is 1. The summed E-state index contributed by atoms with van der Waals surface area (Å²) in [5.74, 6) is 0.779. The van der Waals surface area contributed by atoms with E-state index in [-0.39, 0.29) is 5.91 Å². The topological polar surface area (TPSA) is 26.8 Å². The van der Waals surface area contributed by atoms with Gasteiger partial charge in [-0.05, 0) is 42.4 Å². The molecule has 0 aliphatic carbocycles. The van der Waals surface area contributed by atoms with Crippen LogP contribution in [0.15, 0.2) is 16.8 Å². The van der Waals surface area contributed by atoms with Crippen molar-refractivity contribution in [2.45, 2.75) is 32.9 Å². The summed E-state index contributed by atoms with van der Waals surface area (Å²) in [6.45, 7) is 9.04. The maximum Gasteiger partial charge on any atom is 0.224 e. The molecule has 124 valence electrons. The number of hydrogen-bond donors (Lipinski definition) is 0. The van der Waals surface area contributed by atoms with Gasteiger partial charge in [-0.15, -0.1) is 0 Å². The third-order valence-electron chi connectivity index (χ3n) is 4.28. The first-order valence-corrected chi connectivity index (χ1v) is 9.07. The molecule has 1 atom stereocenters. The summed E-state index contributed by atoms with van der Waals surface area (Å²) in [5.41, 5.74) is 1.24. The van der Waals surface area contributed by atoms with E-state index in [4.69, 9.17) is 0 Å².